The molecule has 3 fully saturated rings. The number of hydrogen-bond donors (Lipinski definition) is 0. The summed E-state index contributed by atoms with van der Waals surface area (Å²) in [6.45, 7) is 0.760. The Morgan fingerprint density at radius 2 is 2.43 bits per heavy atom. The number of terminal acetylenes is 1. The van der Waals surface area contributed by atoms with Gasteiger partial charge in [-0.2, -0.15) is 0 Å². The highest BCUT2D eigenvalue weighted by atomic mass is 16.8. The van der Waals surface area contributed by atoms with Crippen LogP contribution >= 0.6 is 0 Å². The average molecular weight is 192 g/mol. The fourth-order valence-corrected chi connectivity index (χ4v) is 2.27. The summed E-state index contributed by atoms with van der Waals surface area (Å²) in [5, 5.41) is 0. The summed E-state index contributed by atoms with van der Waals surface area (Å²) in [5.74, 6) is 2.72. The summed E-state index contributed by atoms with van der Waals surface area (Å²) < 4.78 is 17.0. The first kappa shape index (κ1) is 8.34. The predicted molar refractivity (Wildman–Crippen MR) is 49.2 cm³/mol. The van der Waals surface area contributed by atoms with Crippen LogP contribution in [0, 0.1) is 12.3 Å². The highest BCUT2D eigenvalue weighted by Crippen LogP contribution is 2.52. The zero-order valence-electron chi connectivity index (χ0n) is 7.86. The second-order valence-corrected chi connectivity index (χ2v) is 3.91. The van der Waals surface area contributed by atoms with E-state index < -0.39 is 5.79 Å². The minimum absolute atomic E-state index is 0.0594. The fraction of sp³-hybridized carbons (Fsp3) is 0.636. The molecule has 0 radical (unpaired) electrons. The third-order valence-electron chi connectivity index (χ3n) is 2.99. The molecule has 3 saturated heterocycles. The molecule has 0 saturated carbocycles. The smallest absolute Gasteiger partial charge is 0.239 e. The maximum atomic E-state index is 5.76. The Morgan fingerprint density at radius 1 is 1.50 bits per heavy atom. The van der Waals surface area contributed by atoms with E-state index in [1.54, 1.807) is 6.08 Å². The van der Waals surface area contributed by atoms with E-state index in [0.717, 1.165) is 31.6 Å². The zero-order valence-corrected chi connectivity index (χ0v) is 7.86. The van der Waals surface area contributed by atoms with E-state index >= 15 is 0 Å². The topological polar surface area (TPSA) is 31.0 Å². The van der Waals surface area contributed by atoms with Gasteiger partial charge in [-0.1, -0.05) is 5.92 Å². The summed E-state index contributed by atoms with van der Waals surface area (Å²) in [6.07, 6.45) is 10.1. The van der Waals surface area contributed by atoms with Gasteiger partial charge in [-0.3, -0.25) is 0 Å². The van der Waals surface area contributed by atoms with Crippen molar-refractivity contribution in [3.05, 3.63) is 11.8 Å². The lowest BCUT2D eigenvalue weighted by atomic mass is 10.0. The molecular weight excluding hydrogens is 180 g/mol. The molecule has 0 aromatic heterocycles. The lowest BCUT2D eigenvalue weighted by Crippen LogP contribution is -2.41. The van der Waals surface area contributed by atoms with Crippen molar-refractivity contribution in [3.63, 3.8) is 0 Å². The summed E-state index contributed by atoms with van der Waals surface area (Å²) in [5.41, 5.74) is 0. The van der Waals surface area contributed by atoms with Crippen molar-refractivity contribution in [2.75, 3.05) is 6.61 Å². The minimum atomic E-state index is -0.508. The van der Waals surface area contributed by atoms with Gasteiger partial charge in [0.25, 0.3) is 0 Å². The van der Waals surface area contributed by atoms with Gasteiger partial charge in [0.1, 0.15) is 11.9 Å². The Labute approximate surface area is 83.0 Å². The third kappa shape index (κ3) is 1.01. The van der Waals surface area contributed by atoms with Gasteiger partial charge in [0, 0.05) is 12.5 Å². The molecule has 3 aliphatic heterocycles. The highest BCUT2D eigenvalue weighted by molar-refractivity contribution is 5.28. The molecule has 0 aromatic rings. The number of hydrogen-bond acceptors (Lipinski definition) is 3. The van der Waals surface area contributed by atoms with E-state index in [4.69, 9.17) is 20.6 Å². The Bertz CT molecular complexity index is 320. The Balaban J connectivity index is 1.84. The summed E-state index contributed by atoms with van der Waals surface area (Å²) in [6, 6.07) is 0. The van der Waals surface area contributed by atoms with Crippen LogP contribution in [0.1, 0.15) is 19.3 Å². The van der Waals surface area contributed by atoms with Gasteiger partial charge in [-0.05, 0) is 12.8 Å². The van der Waals surface area contributed by atoms with Gasteiger partial charge in [0.15, 0.2) is 6.10 Å². The molecule has 0 unspecified atom stereocenters. The largest absolute Gasteiger partial charge is 0.460 e. The van der Waals surface area contributed by atoms with Crippen LogP contribution < -0.4 is 0 Å². The molecule has 3 aliphatic rings. The average Bonchev–Trinajstić information content (AvgIpc) is 2.94. The second-order valence-electron chi connectivity index (χ2n) is 3.91. The molecule has 0 aromatic carbocycles. The summed E-state index contributed by atoms with van der Waals surface area (Å²) in [4.78, 5) is 0. The molecule has 1 spiro atoms. The highest BCUT2D eigenvalue weighted by Gasteiger charge is 2.66. The van der Waals surface area contributed by atoms with Crippen molar-refractivity contribution in [1.29, 1.82) is 0 Å². The van der Waals surface area contributed by atoms with E-state index in [9.17, 15) is 0 Å². The monoisotopic (exact) mass is 192 g/mol. The zero-order chi connectivity index (χ0) is 9.60. The lowest BCUT2D eigenvalue weighted by Gasteiger charge is -2.33. The minimum Gasteiger partial charge on any atom is -0.460 e. The second kappa shape index (κ2) is 2.75. The number of allylic oxidation sites excluding steroid dienone is 1. The van der Waals surface area contributed by atoms with Crippen molar-refractivity contribution in [2.24, 2.45) is 0 Å². The fourth-order valence-electron chi connectivity index (χ4n) is 2.27. The van der Waals surface area contributed by atoms with Crippen LogP contribution in [0.2, 0.25) is 0 Å². The molecule has 0 bridgehead atoms. The number of rotatable bonds is 0. The molecule has 0 aliphatic carbocycles. The van der Waals surface area contributed by atoms with Gasteiger partial charge in [0.05, 0.1) is 6.61 Å². The number of ether oxygens (including phenoxy) is 3. The molecule has 3 atom stereocenters. The van der Waals surface area contributed by atoms with Crippen molar-refractivity contribution in [3.8, 4) is 12.3 Å². The van der Waals surface area contributed by atoms with Crippen LogP contribution in [0.25, 0.3) is 0 Å². The number of fused-ring (bicyclic) bond motifs is 2. The molecule has 3 rings (SSSR count). The molecule has 0 amide bonds. The van der Waals surface area contributed by atoms with Crippen LogP contribution in [0.5, 0.6) is 0 Å². The molecular formula is C11H12O3. The maximum Gasteiger partial charge on any atom is 0.239 e. The lowest BCUT2D eigenvalue weighted by molar-refractivity contribution is -0.240. The quantitative estimate of drug-likeness (QED) is 0.427. The van der Waals surface area contributed by atoms with Crippen LogP contribution in [0.3, 0.4) is 0 Å². The normalized spacial score (nSPS) is 47.2. The van der Waals surface area contributed by atoms with Crippen molar-refractivity contribution >= 4 is 0 Å². The SMILES string of the molecule is C#C/C=C1/O[C@@]2(CCCCO2)[C@@H]2O[C@H]12. The van der Waals surface area contributed by atoms with Crippen molar-refractivity contribution in [1.82, 2.24) is 0 Å². The van der Waals surface area contributed by atoms with Crippen LogP contribution in [-0.4, -0.2) is 24.6 Å². The van der Waals surface area contributed by atoms with Crippen LogP contribution in [0.4, 0.5) is 0 Å². The first-order valence-corrected chi connectivity index (χ1v) is 5.00. The Morgan fingerprint density at radius 3 is 3.14 bits per heavy atom. The van der Waals surface area contributed by atoms with Crippen LogP contribution in [0.15, 0.2) is 11.8 Å². The first-order valence-electron chi connectivity index (χ1n) is 5.00. The van der Waals surface area contributed by atoms with Gasteiger partial charge in [0.2, 0.25) is 5.79 Å². The Kier molecular flexibility index (Phi) is 1.64. The van der Waals surface area contributed by atoms with Crippen molar-refractivity contribution in [2.45, 2.75) is 37.3 Å². The maximum absolute atomic E-state index is 5.76. The van der Waals surface area contributed by atoms with Crippen LogP contribution in [-0.2, 0) is 14.2 Å². The molecule has 3 nitrogen and oxygen atoms in total. The first-order chi connectivity index (χ1) is 6.86. The predicted octanol–water partition coefficient (Wildman–Crippen LogP) is 1.20. The standard InChI is InChI=1S/C11H12O3/c1-2-5-8-9-10(13-9)11(14-8)6-3-4-7-12-11/h1,5,9-10H,3-4,6-7H2/b8-5+/t9-,10-,11+/m1/s1. The molecule has 14 heavy (non-hydrogen) atoms. The van der Waals surface area contributed by atoms with E-state index in [0.29, 0.717) is 0 Å². The summed E-state index contributed by atoms with van der Waals surface area (Å²) >= 11 is 0. The van der Waals surface area contributed by atoms with E-state index in [-0.39, 0.29) is 12.2 Å². The van der Waals surface area contributed by atoms with E-state index in [1.807, 2.05) is 0 Å². The Hall–Kier alpha value is -0.980. The number of epoxide rings is 1. The molecule has 0 N–H and O–H groups in total. The van der Waals surface area contributed by atoms with E-state index in [2.05, 4.69) is 5.92 Å². The summed E-state index contributed by atoms with van der Waals surface area (Å²) in [7, 11) is 0. The van der Waals surface area contributed by atoms with Gasteiger partial charge >= 0.3 is 0 Å². The third-order valence-corrected chi connectivity index (χ3v) is 2.99. The molecule has 74 valence electrons. The van der Waals surface area contributed by atoms with Gasteiger partial charge in [-0.15, -0.1) is 6.42 Å². The van der Waals surface area contributed by atoms with Gasteiger partial charge < -0.3 is 14.2 Å². The van der Waals surface area contributed by atoms with Gasteiger partial charge in [-0.25, -0.2) is 0 Å². The van der Waals surface area contributed by atoms with E-state index in [1.165, 1.54) is 0 Å². The van der Waals surface area contributed by atoms with Crippen molar-refractivity contribution < 1.29 is 14.2 Å². The molecule has 3 heteroatoms. The molecule has 3 heterocycles.